The van der Waals surface area contributed by atoms with Gasteiger partial charge in [-0.3, -0.25) is 4.79 Å². The first-order chi connectivity index (χ1) is 7.56. The van der Waals surface area contributed by atoms with Crippen molar-refractivity contribution in [2.24, 2.45) is 17.3 Å². The van der Waals surface area contributed by atoms with Crippen LogP contribution in [0.1, 0.15) is 39.5 Å². The largest absolute Gasteiger partial charge is 0.339 e. The molecule has 2 fully saturated rings. The topological polar surface area (TPSA) is 20.3 Å². The number of hydrogen-bond donors (Lipinski definition) is 0. The van der Waals surface area contributed by atoms with Crippen LogP contribution in [-0.2, 0) is 4.79 Å². The van der Waals surface area contributed by atoms with Gasteiger partial charge >= 0.3 is 0 Å². The normalized spacial score (nSPS) is 24.6. The van der Waals surface area contributed by atoms with Crippen LogP contribution < -0.4 is 0 Å². The third kappa shape index (κ3) is 2.02. The van der Waals surface area contributed by atoms with Gasteiger partial charge in [0.05, 0.1) is 0 Å². The molecule has 0 bridgehead atoms. The molecular formula is C14H23NO. The molecule has 0 unspecified atom stereocenters. The second-order valence-electron chi connectivity index (χ2n) is 5.94. The Bertz CT molecular complexity index is 279. The van der Waals surface area contributed by atoms with E-state index in [0.717, 1.165) is 24.9 Å². The summed E-state index contributed by atoms with van der Waals surface area (Å²) in [5.74, 6) is 1.87. The van der Waals surface area contributed by atoms with Crippen molar-refractivity contribution < 1.29 is 4.79 Å². The van der Waals surface area contributed by atoms with Gasteiger partial charge in [-0.15, -0.1) is 0 Å². The minimum Gasteiger partial charge on any atom is -0.339 e. The predicted octanol–water partition coefficient (Wildman–Crippen LogP) is 2.85. The first-order valence-corrected chi connectivity index (χ1v) is 6.48. The Morgan fingerprint density at radius 1 is 1.38 bits per heavy atom. The van der Waals surface area contributed by atoms with E-state index in [1.165, 1.54) is 31.8 Å². The van der Waals surface area contributed by atoms with Crippen molar-refractivity contribution in [3.05, 3.63) is 12.7 Å². The maximum Gasteiger partial charge on any atom is 0.245 e. The number of rotatable bonds is 2. The van der Waals surface area contributed by atoms with E-state index in [1.54, 1.807) is 0 Å². The smallest absolute Gasteiger partial charge is 0.245 e. The molecule has 1 heterocycles. The van der Waals surface area contributed by atoms with Gasteiger partial charge in [0.1, 0.15) is 0 Å². The molecule has 0 atom stereocenters. The number of piperidine rings is 1. The van der Waals surface area contributed by atoms with E-state index in [0.29, 0.717) is 5.41 Å². The van der Waals surface area contributed by atoms with Crippen molar-refractivity contribution in [3.63, 3.8) is 0 Å². The lowest BCUT2D eigenvalue weighted by molar-refractivity contribution is -0.130. The molecule has 2 heteroatoms. The third-order valence-electron chi connectivity index (χ3n) is 4.64. The monoisotopic (exact) mass is 221 g/mol. The molecular weight excluding hydrogens is 198 g/mol. The molecule has 1 amide bonds. The van der Waals surface area contributed by atoms with Crippen molar-refractivity contribution in [1.82, 2.24) is 4.90 Å². The second-order valence-corrected chi connectivity index (χ2v) is 5.94. The molecule has 2 rings (SSSR count). The van der Waals surface area contributed by atoms with Gasteiger partial charge < -0.3 is 4.90 Å². The summed E-state index contributed by atoms with van der Waals surface area (Å²) in [4.78, 5) is 13.4. The van der Waals surface area contributed by atoms with Gasteiger partial charge in [0.15, 0.2) is 0 Å². The Kier molecular flexibility index (Phi) is 3.09. The lowest BCUT2D eigenvalue weighted by Crippen LogP contribution is -2.49. The molecule has 0 aromatic carbocycles. The molecule has 1 saturated heterocycles. The first kappa shape index (κ1) is 11.7. The predicted molar refractivity (Wildman–Crippen MR) is 66.0 cm³/mol. The van der Waals surface area contributed by atoms with E-state index in [4.69, 9.17) is 0 Å². The van der Waals surface area contributed by atoms with Crippen LogP contribution in [0.25, 0.3) is 0 Å². The van der Waals surface area contributed by atoms with Gasteiger partial charge in [-0.25, -0.2) is 0 Å². The fraction of sp³-hybridized carbons (Fsp3) is 0.786. The van der Waals surface area contributed by atoms with Gasteiger partial charge in [-0.05, 0) is 49.0 Å². The highest BCUT2D eigenvalue weighted by atomic mass is 16.2. The number of likely N-dealkylation sites (tertiary alicyclic amines) is 1. The summed E-state index contributed by atoms with van der Waals surface area (Å²) >= 11 is 0. The molecule has 1 saturated carbocycles. The van der Waals surface area contributed by atoms with E-state index in [2.05, 4.69) is 20.4 Å². The Balaban J connectivity index is 1.83. The lowest BCUT2D eigenvalue weighted by atomic mass is 9.55. The summed E-state index contributed by atoms with van der Waals surface area (Å²) in [7, 11) is 0. The van der Waals surface area contributed by atoms with Crippen LogP contribution in [0.4, 0.5) is 0 Å². The standard InChI is InChI=1S/C14H23NO/c1-4-13(16)15-7-5-14(6-8-15)9-12(10-14)11(2)3/h4,11-12H,1,5-10H2,2-3H3. The van der Waals surface area contributed by atoms with Crippen molar-refractivity contribution in [3.8, 4) is 0 Å². The number of carbonyl (C=O) groups excluding carboxylic acids is 1. The summed E-state index contributed by atoms with van der Waals surface area (Å²) in [6.45, 7) is 10.1. The lowest BCUT2D eigenvalue weighted by Gasteiger charge is -2.53. The highest BCUT2D eigenvalue weighted by Gasteiger charge is 2.46. The van der Waals surface area contributed by atoms with Crippen LogP contribution in [-0.4, -0.2) is 23.9 Å². The molecule has 0 N–H and O–H groups in total. The number of nitrogens with zero attached hydrogens (tertiary/aromatic N) is 1. The van der Waals surface area contributed by atoms with Crippen molar-refractivity contribution in [2.45, 2.75) is 39.5 Å². The molecule has 0 aromatic heterocycles. The fourth-order valence-corrected chi connectivity index (χ4v) is 3.26. The number of amides is 1. The average Bonchev–Trinajstić information content (AvgIpc) is 2.24. The minimum absolute atomic E-state index is 0.106. The molecule has 0 radical (unpaired) electrons. The van der Waals surface area contributed by atoms with Crippen LogP contribution >= 0.6 is 0 Å². The maximum absolute atomic E-state index is 11.5. The highest BCUT2D eigenvalue weighted by Crippen LogP contribution is 2.54. The Morgan fingerprint density at radius 2 is 1.94 bits per heavy atom. The van der Waals surface area contributed by atoms with Crippen LogP contribution in [0.3, 0.4) is 0 Å². The van der Waals surface area contributed by atoms with Crippen LogP contribution in [0, 0.1) is 17.3 Å². The molecule has 16 heavy (non-hydrogen) atoms. The zero-order chi connectivity index (χ0) is 11.8. The SMILES string of the molecule is C=CC(=O)N1CCC2(CC1)CC(C(C)C)C2. The third-order valence-corrected chi connectivity index (χ3v) is 4.64. The molecule has 90 valence electrons. The minimum atomic E-state index is 0.106. The molecule has 1 aliphatic carbocycles. The number of hydrogen-bond acceptors (Lipinski definition) is 1. The van der Waals surface area contributed by atoms with Crippen molar-refractivity contribution in [2.75, 3.05) is 13.1 Å². The summed E-state index contributed by atoms with van der Waals surface area (Å²) in [6, 6.07) is 0. The van der Waals surface area contributed by atoms with E-state index >= 15 is 0 Å². The Hall–Kier alpha value is -0.790. The van der Waals surface area contributed by atoms with Crippen LogP contribution in [0.2, 0.25) is 0 Å². The summed E-state index contributed by atoms with van der Waals surface area (Å²) < 4.78 is 0. The average molecular weight is 221 g/mol. The van der Waals surface area contributed by atoms with Gasteiger partial charge in [-0.2, -0.15) is 0 Å². The van der Waals surface area contributed by atoms with Gasteiger partial charge in [-0.1, -0.05) is 20.4 Å². The Labute approximate surface area is 98.7 Å². The molecule has 2 aliphatic rings. The molecule has 1 spiro atoms. The van der Waals surface area contributed by atoms with E-state index in [9.17, 15) is 4.79 Å². The maximum atomic E-state index is 11.5. The van der Waals surface area contributed by atoms with Gasteiger partial charge in [0.25, 0.3) is 0 Å². The fourth-order valence-electron chi connectivity index (χ4n) is 3.26. The van der Waals surface area contributed by atoms with E-state index in [-0.39, 0.29) is 5.91 Å². The van der Waals surface area contributed by atoms with Gasteiger partial charge in [0.2, 0.25) is 5.91 Å². The van der Waals surface area contributed by atoms with Gasteiger partial charge in [0, 0.05) is 13.1 Å². The van der Waals surface area contributed by atoms with Crippen LogP contribution in [0.15, 0.2) is 12.7 Å². The Morgan fingerprint density at radius 3 is 2.38 bits per heavy atom. The summed E-state index contributed by atoms with van der Waals surface area (Å²) in [5, 5.41) is 0. The van der Waals surface area contributed by atoms with E-state index < -0.39 is 0 Å². The van der Waals surface area contributed by atoms with Crippen molar-refractivity contribution >= 4 is 5.91 Å². The molecule has 1 aliphatic heterocycles. The highest BCUT2D eigenvalue weighted by molar-refractivity contribution is 5.87. The first-order valence-electron chi connectivity index (χ1n) is 6.48. The quantitative estimate of drug-likeness (QED) is 0.657. The van der Waals surface area contributed by atoms with E-state index in [1.807, 2.05) is 4.90 Å². The van der Waals surface area contributed by atoms with Crippen LogP contribution in [0.5, 0.6) is 0 Å². The second kappa shape index (κ2) is 4.23. The summed E-state index contributed by atoms with van der Waals surface area (Å²) in [5.41, 5.74) is 0.590. The molecule has 2 nitrogen and oxygen atoms in total. The zero-order valence-corrected chi connectivity index (χ0v) is 10.5. The number of carbonyl (C=O) groups is 1. The zero-order valence-electron chi connectivity index (χ0n) is 10.5. The summed E-state index contributed by atoms with van der Waals surface area (Å²) in [6.07, 6.45) is 6.63. The molecule has 0 aromatic rings. The van der Waals surface area contributed by atoms with Crippen molar-refractivity contribution in [1.29, 1.82) is 0 Å².